The van der Waals surface area contributed by atoms with Gasteiger partial charge in [0.05, 0.1) is 0 Å². The zero-order valence-corrected chi connectivity index (χ0v) is 9.82. The first-order chi connectivity index (χ1) is 6.50. The lowest BCUT2D eigenvalue weighted by Crippen LogP contribution is -2.12. The van der Waals surface area contributed by atoms with Gasteiger partial charge in [-0.1, -0.05) is 36.0 Å². The van der Waals surface area contributed by atoms with Crippen LogP contribution in [0.2, 0.25) is 5.02 Å². The van der Waals surface area contributed by atoms with Gasteiger partial charge in [-0.3, -0.25) is 0 Å². The van der Waals surface area contributed by atoms with Crippen molar-refractivity contribution in [2.45, 2.75) is 6.54 Å². The van der Waals surface area contributed by atoms with Crippen LogP contribution < -0.4 is 5.73 Å². The van der Waals surface area contributed by atoms with E-state index in [4.69, 9.17) is 29.6 Å². The smallest absolute Gasteiger partial charge is 0.104 e. The van der Waals surface area contributed by atoms with Gasteiger partial charge < -0.3 is 10.6 Å². The maximum Gasteiger partial charge on any atom is 0.104 e. The van der Waals surface area contributed by atoms with E-state index in [9.17, 15) is 0 Å². The molecule has 0 aliphatic carbocycles. The molecule has 0 radical (unpaired) electrons. The predicted octanol–water partition coefficient (Wildman–Crippen LogP) is 2.04. The molecule has 1 rings (SSSR count). The van der Waals surface area contributed by atoms with Crippen molar-refractivity contribution in [3.05, 3.63) is 34.3 Å². The summed E-state index contributed by atoms with van der Waals surface area (Å²) in [6.45, 7) is 0.816. The van der Waals surface area contributed by atoms with E-state index in [-0.39, 0.29) is 0 Å². The van der Waals surface area contributed by atoms with Gasteiger partial charge >= 0.3 is 0 Å². The fraction of sp³-hybridized carbons (Fsp3) is 0.300. The van der Waals surface area contributed by atoms with Crippen molar-refractivity contribution in [1.82, 2.24) is 4.90 Å². The Bertz CT molecular complexity index is 350. The normalized spacial score (nSPS) is 10.6. The third kappa shape index (κ3) is 2.94. The number of halogens is 1. The van der Waals surface area contributed by atoms with Crippen molar-refractivity contribution < 1.29 is 0 Å². The second kappa shape index (κ2) is 4.73. The molecule has 0 saturated carbocycles. The molecule has 0 atom stereocenters. The summed E-state index contributed by atoms with van der Waals surface area (Å²) in [7, 11) is 4.00. The summed E-state index contributed by atoms with van der Waals surface area (Å²) in [6, 6.07) is 5.66. The summed E-state index contributed by atoms with van der Waals surface area (Å²) in [5.74, 6) is 0. The molecule has 0 aromatic heterocycles. The van der Waals surface area contributed by atoms with Gasteiger partial charge in [0, 0.05) is 17.1 Å². The Labute approximate surface area is 94.7 Å². The van der Waals surface area contributed by atoms with Crippen LogP contribution in [0.4, 0.5) is 0 Å². The minimum atomic E-state index is 0.378. The maximum absolute atomic E-state index is 6.08. The third-order valence-corrected chi connectivity index (χ3v) is 2.41. The monoisotopic (exact) mass is 228 g/mol. The number of benzene rings is 1. The summed E-state index contributed by atoms with van der Waals surface area (Å²) in [5, 5.41) is 0.712. The van der Waals surface area contributed by atoms with Crippen LogP contribution in [-0.2, 0) is 6.54 Å². The summed E-state index contributed by atoms with van der Waals surface area (Å²) < 4.78 is 0. The topological polar surface area (TPSA) is 29.3 Å². The van der Waals surface area contributed by atoms with Crippen molar-refractivity contribution in [2.24, 2.45) is 5.73 Å². The van der Waals surface area contributed by atoms with Crippen LogP contribution in [0.25, 0.3) is 0 Å². The standard InChI is InChI=1S/C10H13ClN2S/c1-13(2)6-8-4-3-7(10(12)14)5-9(8)11/h3-5H,6H2,1-2H3,(H2,12,14). The van der Waals surface area contributed by atoms with Crippen LogP contribution in [0.5, 0.6) is 0 Å². The van der Waals surface area contributed by atoms with E-state index >= 15 is 0 Å². The van der Waals surface area contributed by atoms with Crippen LogP contribution in [-0.4, -0.2) is 24.0 Å². The average Bonchev–Trinajstić information content (AvgIpc) is 2.07. The van der Waals surface area contributed by atoms with E-state index in [1.165, 1.54) is 0 Å². The maximum atomic E-state index is 6.08. The van der Waals surface area contributed by atoms with E-state index in [1.54, 1.807) is 0 Å². The van der Waals surface area contributed by atoms with Crippen LogP contribution >= 0.6 is 23.8 Å². The number of nitrogens with two attached hydrogens (primary N) is 1. The molecule has 0 aliphatic rings. The Kier molecular flexibility index (Phi) is 3.86. The molecule has 76 valence electrons. The number of hydrogen-bond donors (Lipinski definition) is 1. The molecule has 0 saturated heterocycles. The zero-order valence-electron chi connectivity index (χ0n) is 8.25. The average molecular weight is 229 g/mol. The van der Waals surface area contributed by atoms with Gasteiger partial charge in [0.1, 0.15) is 4.99 Å². The summed E-state index contributed by atoms with van der Waals surface area (Å²) in [5.41, 5.74) is 7.39. The van der Waals surface area contributed by atoms with E-state index in [0.29, 0.717) is 10.0 Å². The van der Waals surface area contributed by atoms with Crippen molar-refractivity contribution in [3.63, 3.8) is 0 Å². The molecule has 0 bridgehead atoms. The lowest BCUT2D eigenvalue weighted by Gasteiger charge is -2.11. The number of rotatable bonds is 3. The molecule has 2 nitrogen and oxygen atoms in total. The van der Waals surface area contributed by atoms with Crippen LogP contribution in [0, 0.1) is 0 Å². The molecule has 1 aromatic carbocycles. The van der Waals surface area contributed by atoms with E-state index in [2.05, 4.69) is 4.90 Å². The van der Waals surface area contributed by atoms with Gasteiger partial charge in [0.15, 0.2) is 0 Å². The molecule has 0 aliphatic heterocycles. The molecule has 4 heteroatoms. The first-order valence-electron chi connectivity index (χ1n) is 4.23. The highest BCUT2D eigenvalue weighted by atomic mass is 35.5. The van der Waals surface area contributed by atoms with Crippen LogP contribution in [0.3, 0.4) is 0 Å². The fourth-order valence-electron chi connectivity index (χ4n) is 1.17. The van der Waals surface area contributed by atoms with E-state index < -0.39 is 0 Å². The molecule has 0 unspecified atom stereocenters. The summed E-state index contributed by atoms with van der Waals surface area (Å²) >= 11 is 10.9. The molecule has 1 aromatic rings. The van der Waals surface area contributed by atoms with Gasteiger partial charge in [-0.15, -0.1) is 0 Å². The minimum Gasteiger partial charge on any atom is -0.389 e. The van der Waals surface area contributed by atoms with Crippen molar-refractivity contribution in [2.75, 3.05) is 14.1 Å². The second-order valence-electron chi connectivity index (χ2n) is 3.41. The molecule has 0 amide bonds. The molecule has 2 N–H and O–H groups in total. The highest BCUT2D eigenvalue weighted by Gasteiger charge is 2.04. The first-order valence-corrected chi connectivity index (χ1v) is 5.02. The summed E-state index contributed by atoms with van der Waals surface area (Å²) in [6.07, 6.45) is 0. The van der Waals surface area contributed by atoms with Crippen molar-refractivity contribution >= 4 is 28.8 Å². The highest BCUT2D eigenvalue weighted by molar-refractivity contribution is 7.80. The Morgan fingerprint density at radius 2 is 2.14 bits per heavy atom. The molecule has 14 heavy (non-hydrogen) atoms. The molecule has 0 spiro atoms. The molecule has 0 heterocycles. The second-order valence-corrected chi connectivity index (χ2v) is 4.26. The van der Waals surface area contributed by atoms with Gasteiger partial charge in [-0.25, -0.2) is 0 Å². The molecular weight excluding hydrogens is 216 g/mol. The van der Waals surface area contributed by atoms with Gasteiger partial charge in [0.25, 0.3) is 0 Å². The molecular formula is C10H13ClN2S. The Hall–Kier alpha value is -0.640. The fourth-order valence-corrected chi connectivity index (χ4v) is 1.54. The first kappa shape index (κ1) is 11.4. The quantitative estimate of drug-likeness (QED) is 0.803. The van der Waals surface area contributed by atoms with Crippen LogP contribution in [0.15, 0.2) is 18.2 Å². The van der Waals surface area contributed by atoms with Crippen LogP contribution in [0.1, 0.15) is 11.1 Å². The molecule has 0 fully saturated rings. The van der Waals surface area contributed by atoms with Crippen molar-refractivity contribution in [3.8, 4) is 0 Å². The zero-order chi connectivity index (χ0) is 10.7. The lowest BCUT2D eigenvalue weighted by atomic mass is 10.1. The Morgan fingerprint density at radius 3 is 2.57 bits per heavy atom. The van der Waals surface area contributed by atoms with Gasteiger partial charge in [0.2, 0.25) is 0 Å². The summed E-state index contributed by atoms with van der Waals surface area (Å²) in [4.78, 5) is 2.44. The third-order valence-electron chi connectivity index (χ3n) is 1.82. The highest BCUT2D eigenvalue weighted by Crippen LogP contribution is 2.18. The largest absolute Gasteiger partial charge is 0.389 e. The Balaban J connectivity index is 2.95. The minimum absolute atomic E-state index is 0.378. The SMILES string of the molecule is CN(C)Cc1ccc(C(N)=S)cc1Cl. The van der Waals surface area contributed by atoms with Gasteiger partial charge in [-0.2, -0.15) is 0 Å². The lowest BCUT2D eigenvalue weighted by molar-refractivity contribution is 0.402. The number of thiocarbonyl (C=S) groups is 1. The van der Waals surface area contributed by atoms with Crippen molar-refractivity contribution in [1.29, 1.82) is 0 Å². The Morgan fingerprint density at radius 1 is 1.50 bits per heavy atom. The number of nitrogens with zero attached hydrogens (tertiary/aromatic N) is 1. The predicted molar refractivity (Wildman–Crippen MR) is 64.7 cm³/mol. The van der Waals surface area contributed by atoms with E-state index in [0.717, 1.165) is 17.7 Å². The number of hydrogen-bond acceptors (Lipinski definition) is 2. The van der Waals surface area contributed by atoms with Gasteiger partial charge in [-0.05, 0) is 25.7 Å². The van der Waals surface area contributed by atoms with E-state index in [1.807, 2.05) is 32.3 Å².